The number of carbonyl (C=O) groups is 1. The number of aryl methyl sites for hydroxylation is 1. The van der Waals surface area contributed by atoms with E-state index in [9.17, 15) is 9.59 Å². The van der Waals surface area contributed by atoms with Crippen LogP contribution in [0.2, 0.25) is 5.15 Å². The van der Waals surface area contributed by atoms with Crippen molar-refractivity contribution in [3.8, 4) is 0 Å². The van der Waals surface area contributed by atoms with Gasteiger partial charge in [-0.3, -0.25) is 4.79 Å². The molecular weight excluding hydrogens is 282 g/mol. The van der Waals surface area contributed by atoms with Crippen molar-refractivity contribution in [3.05, 3.63) is 33.2 Å². The third-order valence-electron chi connectivity index (χ3n) is 2.87. The van der Waals surface area contributed by atoms with Crippen LogP contribution >= 0.6 is 11.6 Å². The summed E-state index contributed by atoms with van der Waals surface area (Å²) in [4.78, 5) is 28.2. The zero-order valence-electron chi connectivity index (χ0n) is 11.1. The number of nitrogen functional groups attached to an aromatic ring is 1. The molecule has 0 saturated carbocycles. The van der Waals surface area contributed by atoms with Gasteiger partial charge in [-0.25, -0.2) is 9.78 Å². The van der Waals surface area contributed by atoms with E-state index in [1.165, 1.54) is 12.3 Å². The van der Waals surface area contributed by atoms with Gasteiger partial charge in [0.15, 0.2) is 5.15 Å². The molecule has 2 rings (SSSR count). The number of hydrogen-bond donors (Lipinski definition) is 1. The van der Waals surface area contributed by atoms with Crippen molar-refractivity contribution in [2.24, 2.45) is 0 Å². The molecule has 0 atom stereocenters. The molecular formula is C13H14ClN3O3. The highest BCUT2D eigenvalue weighted by Crippen LogP contribution is 2.21. The summed E-state index contributed by atoms with van der Waals surface area (Å²) in [6.45, 7) is 4.27. The maximum atomic E-state index is 12.3. The van der Waals surface area contributed by atoms with Crippen molar-refractivity contribution >= 4 is 34.3 Å². The molecule has 0 amide bonds. The molecule has 0 aliphatic rings. The Bertz CT molecular complexity index is 740. The van der Waals surface area contributed by atoms with Gasteiger partial charge in [0.1, 0.15) is 11.2 Å². The maximum absolute atomic E-state index is 12.3. The highest BCUT2D eigenvalue weighted by molar-refractivity contribution is 6.32. The minimum Gasteiger partial charge on any atom is -0.462 e. The number of pyridine rings is 2. The van der Waals surface area contributed by atoms with Gasteiger partial charge in [0, 0.05) is 12.7 Å². The van der Waals surface area contributed by atoms with Crippen LogP contribution in [0.25, 0.3) is 11.0 Å². The summed E-state index contributed by atoms with van der Waals surface area (Å²) in [6, 6.07) is 1.43. The van der Waals surface area contributed by atoms with E-state index in [-0.39, 0.29) is 28.4 Å². The summed E-state index contributed by atoms with van der Waals surface area (Å²) in [5.41, 5.74) is 5.76. The van der Waals surface area contributed by atoms with E-state index in [4.69, 9.17) is 22.1 Å². The molecule has 2 heterocycles. The summed E-state index contributed by atoms with van der Waals surface area (Å²) in [7, 11) is 0. The van der Waals surface area contributed by atoms with E-state index < -0.39 is 11.4 Å². The van der Waals surface area contributed by atoms with Gasteiger partial charge in [-0.05, 0) is 19.9 Å². The van der Waals surface area contributed by atoms with E-state index in [1.54, 1.807) is 11.5 Å². The Balaban J connectivity index is 2.81. The Kier molecular flexibility index (Phi) is 3.94. The molecule has 2 aromatic rings. The number of esters is 1. The smallest absolute Gasteiger partial charge is 0.343 e. The molecule has 106 valence electrons. The minimum atomic E-state index is -0.657. The van der Waals surface area contributed by atoms with Crippen LogP contribution in [0.5, 0.6) is 0 Å². The van der Waals surface area contributed by atoms with E-state index in [0.717, 1.165) is 0 Å². The Morgan fingerprint density at radius 2 is 2.20 bits per heavy atom. The van der Waals surface area contributed by atoms with Gasteiger partial charge in [-0.15, -0.1) is 0 Å². The first-order valence-corrected chi connectivity index (χ1v) is 6.53. The molecule has 0 saturated heterocycles. The summed E-state index contributed by atoms with van der Waals surface area (Å²) in [6.07, 6.45) is 1.43. The molecule has 0 aliphatic heterocycles. The van der Waals surface area contributed by atoms with Crippen molar-refractivity contribution in [1.29, 1.82) is 0 Å². The van der Waals surface area contributed by atoms with Gasteiger partial charge in [0.25, 0.3) is 0 Å². The number of nitrogens with two attached hydrogens (primary N) is 1. The molecule has 0 aromatic carbocycles. The molecule has 7 heteroatoms. The predicted octanol–water partition coefficient (Wildman–Crippen LogP) is 1.83. The molecule has 20 heavy (non-hydrogen) atoms. The molecule has 0 aliphatic carbocycles. The second-order valence-electron chi connectivity index (χ2n) is 4.12. The van der Waals surface area contributed by atoms with Crippen LogP contribution in [0.1, 0.15) is 24.2 Å². The quantitative estimate of drug-likeness (QED) is 0.689. The lowest BCUT2D eigenvalue weighted by Crippen LogP contribution is -2.21. The first-order valence-electron chi connectivity index (χ1n) is 6.15. The van der Waals surface area contributed by atoms with E-state index in [0.29, 0.717) is 12.2 Å². The van der Waals surface area contributed by atoms with Crippen molar-refractivity contribution in [2.75, 3.05) is 12.3 Å². The third-order valence-corrected chi connectivity index (χ3v) is 3.17. The van der Waals surface area contributed by atoms with E-state index in [2.05, 4.69) is 4.98 Å². The molecule has 0 bridgehead atoms. The number of aromatic nitrogens is 2. The van der Waals surface area contributed by atoms with Gasteiger partial charge in [-0.2, -0.15) is 0 Å². The van der Waals surface area contributed by atoms with Crippen LogP contribution in [0.15, 0.2) is 17.1 Å². The summed E-state index contributed by atoms with van der Waals surface area (Å²) in [5.74, 6) is -0.657. The van der Waals surface area contributed by atoms with Crippen LogP contribution in [0, 0.1) is 0 Å². The van der Waals surface area contributed by atoms with Crippen LogP contribution in [0.4, 0.5) is 5.69 Å². The SMILES string of the molecule is CCOC(=O)c1cn(CC)c2nc(Cl)c(N)cc2c1=O. The van der Waals surface area contributed by atoms with Crippen molar-refractivity contribution in [2.45, 2.75) is 20.4 Å². The van der Waals surface area contributed by atoms with Crippen LogP contribution in [-0.2, 0) is 11.3 Å². The van der Waals surface area contributed by atoms with Crippen molar-refractivity contribution < 1.29 is 9.53 Å². The van der Waals surface area contributed by atoms with Crippen LogP contribution < -0.4 is 11.2 Å². The Morgan fingerprint density at radius 3 is 2.80 bits per heavy atom. The van der Waals surface area contributed by atoms with Crippen molar-refractivity contribution in [3.63, 3.8) is 0 Å². The van der Waals surface area contributed by atoms with Gasteiger partial charge < -0.3 is 15.0 Å². The van der Waals surface area contributed by atoms with E-state index >= 15 is 0 Å². The second kappa shape index (κ2) is 5.50. The average molecular weight is 296 g/mol. The third kappa shape index (κ3) is 2.34. The zero-order chi connectivity index (χ0) is 14.9. The molecule has 0 spiro atoms. The monoisotopic (exact) mass is 295 g/mol. The number of rotatable bonds is 3. The first-order chi connectivity index (χ1) is 9.49. The fourth-order valence-electron chi connectivity index (χ4n) is 1.90. The number of fused-ring (bicyclic) bond motifs is 1. The Labute approximate surface area is 120 Å². The topological polar surface area (TPSA) is 87.2 Å². The Morgan fingerprint density at radius 1 is 1.50 bits per heavy atom. The van der Waals surface area contributed by atoms with Crippen molar-refractivity contribution in [1.82, 2.24) is 9.55 Å². The average Bonchev–Trinajstić information content (AvgIpc) is 2.42. The van der Waals surface area contributed by atoms with Gasteiger partial charge in [-0.1, -0.05) is 11.6 Å². The first kappa shape index (κ1) is 14.3. The lowest BCUT2D eigenvalue weighted by Gasteiger charge is -2.11. The maximum Gasteiger partial charge on any atom is 0.343 e. The van der Waals surface area contributed by atoms with Crippen LogP contribution in [-0.4, -0.2) is 22.1 Å². The fourth-order valence-corrected chi connectivity index (χ4v) is 2.03. The number of nitrogens with zero attached hydrogens (tertiary/aromatic N) is 2. The molecule has 0 fully saturated rings. The summed E-state index contributed by atoms with van der Waals surface area (Å²) >= 11 is 5.88. The van der Waals surface area contributed by atoms with Gasteiger partial charge in [0.05, 0.1) is 17.7 Å². The number of hydrogen-bond acceptors (Lipinski definition) is 5. The zero-order valence-corrected chi connectivity index (χ0v) is 11.9. The van der Waals surface area contributed by atoms with Gasteiger partial charge in [0.2, 0.25) is 5.43 Å². The van der Waals surface area contributed by atoms with Gasteiger partial charge >= 0.3 is 5.97 Å². The standard InChI is InChI=1S/C13H14ClN3O3/c1-3-17-6-8(13(19)20-4-2)10(18)7-5-9(15)11(14)16-12(7)17/h5-6H,3-4,15H2,1-2H3. The molecule has 2 N–H and O–H groups in total. The lowest BCUT2D eigenvalue weighted by atomic mass is 10.2. The molecule has 6 nitrogen and oxygen atoms in total. The Hall–Kier alpha value is -2.08. The highest BCUT2D eigenvalue weighted by Gasteiger charge is 2.17. The van der Waals surface area contributed by atoms with Crippen LogP contribution in [0.3, 0.4) is 0 Å². The lowest BCUT2D eigenvalue weighted by molar-refractivity contribution is 0.0524. The second-order valence-corrected chi connectivity index (χ2v) is 4.48. The number of anilines is 1. The predicted molar refractivity (Wildman–Crippen MR) is 77.1 cm³/mol. The molecule has 0 radical (unpaired) electrons. The summed E-state index contributed by atoms with van der Waals surface area (Å²) in [5, 5.41) is 0.377. The highest BCUT2D eigenvalue weighted by atomic mass is 35.5. The fraction of sp³-hybridized carbons (Fsp3) is 0.308. The molecule has 2 aromatic heterocycles. The minimum absolute atomic E-state index is 0.0373. The molecule has 0 unspecified atom stereocenters. The normalized spacial score (nSPS) is 10.8. The number of halogens is 1. The number of carbonyl (C=O) groups excluding carboxylic acids is 1. The number of ether oxygens (including phenoxy) is 1. The summed E-state index contributed by atoms with van der Waals surface area (Å²) < 4.78 is 6.54. The largest absolute Gasteiger partial charge is 0.462 e. The van der Waals surface area contributed by atoms with E-state index in [1.807, 2.05) is 6.92 Å².